The second kappa shape index (κ2) is 9.26. The van der Waals surface area contributed by atoms with Gasteiger partial charge in [0.2, 0.25) is 0 Å². The number of aromatic nitrogens is 4. The van der Waals surface area contributed by atoms with Crippen molar-refractivity contribution in [1.82, 2.24) is 24.6 Å². The molecule has 4 aromatic rings. The zero-order valence-electron chi connectivity index (χ0n) is 15.9. The fourth-order valence-electron chi connectivity index (χ4n) is 2.99. The van der Waals surface area contributed by atoms with Crippen LogP contribution in [0, 0.1) is 0 Å². The summed E-state index contributed by atoms with van der Waals surface area (Å²) in [5, 5.41) is 10.4. The molecule has 0 spiro atoms. The van der Waals surface area contributed by atoms with Crippen molar-refractivity contribution in [2.75, 3.05) is 7.05 Å². The van der Waals surface area contributed by atoms with Crippen LogP contribution >= 0.6 is 23.4 Å². The molecule has 0 aliphatic heterocycles. The molecule has 0 unspecified atom stereocenters. The Balaban J connectivity index is 1.59. The molecule has 0 fully saturated rings. The number of benzene rings is 1. The molecule has 4 rings (SSSR count). The fraction of sp³-hybridized carbons (Fsp3) is 0.190. The molecule has 0 amide bonds. The van der Waals surface area contributed by atoms with Gasteiger partial charge in [0.1, 0.15) is 0 Å². The van der Waals surface area contributed by atoms with Gasteiger partial charge in [-0.15, -0.1) is 10.2 Å². The Labute approximate surface area is 178 Å². The third-order valence-electron chi connectivity index (χ3n) is 4.33. The monoisotopic (exact) mass is 425 g/mol. The van der Waals surface area contributed by atoms with Crippen LogP contribution in [0.2, 0.25) is 5.02 Å². The summed E-state index contributed by atoms with van der Waals surface area (Å²) in [6, 6.07) is 13.7. The van der Waals surface area contributed by atoms with Crippen molar-refractivity contribution in [2.24, 2.45) is 0 Å². The first-order valence-corrected chi connectivity index (χ1v) is 10.5. The Bertz CT molecular complexity index is 1050. The standard InChI is InChI=1S/C21H20ClN5OS/c1-26(12-17-7-10-28-14-17)13-20-24-25-21(29-15-16-5-8-23-9-6-16)27(20)19-4-2-3-18(22)11-19/h2-11,14H,12-13,15H2,1H3. The predicted molar refractivity (Wildman–Crippen MR) is 114 cm³/mol. The summed E-state index contributed by atoms with van der Waals surface area (Å²) in [5.74, 6) is 1.64. The summed E-state index contributed by atoms with van der Waals surface area (Å²) in [7, 11) is 2.05. The van der Waals surface area contributed by atoms with E-state index in [0.717, 1.165) is 34.5 Å². The Morgan fingerprint density at radius 2 is 1.93 bits per heavy atom. The largest absolute Gasteiger partial charge is 0.472 e. The molecule has 0 aliphatic carbocycles. The first kappa shape index (κ1) is 19.7. The van der Waals surface area contributed by atoms with Gasteiger partial charge < -0.3 is 4.42 Å². The highest BCUT2D eigenvalue weighted by Crippen LogP contribution is 2.27. The molecular weight excluding hydrogens is 406 g/mol. The lowest BCUT2D eigenvalue weighted by molar-refractivity contribution is 0.307. The number of halogens is 1. The summed E-state index contributed by atoms with van der Waals surface area (Å²) in [6.07, 6.45) is 7.04. The average molecular weight is 426 g/mol. The molecule has 3 aromatic heterocycles. The van der Waals surface area contributed by atoms with Crippen LogP contribution in [0.4, 0.5) is 0 Å². The SMILES string of the molecule is CN(Cc1ccoc1)Cc1nnc(SCc2ccncc2)n1-c1cccc(Cl)c1. The number of nitrogens with zero attached hydrogens (tertiary/aromatic N) is 5. The van der Waals surface area contributed by atoms with E-state index in [2.05, 4.69) is 24.6 Å². The van der Waals surface area contributed by atoms with Crippen molar-refractivity contribution in [3.05, 3.63) is 89.4 Å². The summed E-state index contributed by atoms with van der Waals surface area (Å²) >= 11 is 7.89. The minimum atomic E-state index is 0.639. The first-order chi connectivity index (χ1) is 14.2. The van der Waals surface area contributed by atoms with Crippen molar-refractivity contribution in [3.8, 4) is 5.69 Å². The maximum atomic E-state index is 6.25. The van der Waals surface area contributed by atoms with E-state index in [1.807, 2.05) is 49.5 Å². The van der Waals surface area contributed by atoms with Gasteiger partial charge >= 0.3 is 0 Å². The second-order valence-corrected chi connectivity index (χ2v) is 8.04. The van der Waals surface area contributed by atoms with E-state index in [1.54, 1.807) is 36.7 Å². The molecule has 0 N–H and O–H groups in total. The van der Waals surface area contributed by atoms with Gasteiger partial charge in [-0.1, -0.05) is 29.4 Å². The minimum Gasteiger partial charge on any atom is -0.472 e. The molecular formula is C21H20ClN5OS. The number of hydrogen-bond acceptors (Lipinski definition) is 6. The molecule has 8 heteroatoms. The van der Waals surface area contributed by atoms with Crippen molar-refractivity contribution >= 4 is 23.4 Å². The Morgan fingerprint density at radius 3 is 2.69 bits per heavy atom. The zero-order chi connectivity index (χ0) is 20.1. The van der Waals surface area contributed by atoms with Gasteiger partial charge in [-0.2, -0.15) is 0 Å². The predicted octanol–water partition coefficient (Wildman–Crippen LogP) is 4.83. The number of furan rings is 1. The molecule has 3 heterocycles. The van der Waals surface area contributed by atoms with Crippen molar-refractivity contribution in [2.45, 2.75) is 24.0 Å². The van der Waals surface area contributed by atoms with Crippen LogP contribution in [0.15, 0.2) is 77.0 Å². The van der Waals surface area contributed by atoms with E-state index >= 15 is 0 Å². The van der Waals surface area contributed by atoms with Gasteiger partial charge in [0.25, 0.3) is 0 Å². The molecule has 0 aliphatic rings. The van der Waals surface area contributed by atoms with E-state index < -0.39 is 0 Å². The molecule has 0 bridgehead atoms. The normalized spacial score (nSPS) is 11.3. The number of rotatable bonds is 8. The van der Waals surface area contributed by atoms with Crippen molar-refractivity contribution in [1.29, 1.82) is 0 Å². The smallest absolute Gasteiger partial charge is 0.196 e. The van der Waals surface area contributed by atoms with Gasteiger partial charge in [-0.3, -0.25) is 14.5 Å². The highest BCUT2D eigenvalue weighted by atomic mass is 35.5. The highest BCUT2D eigenvalue weighted by Gasteiger charge is 2.17. The molecule has 148 valence electrons. The second-order valence-electron chi connectivity index (χ2n) is 6.66. The maximum absolute atomic E-state index is 6.25. The third kappa shape index (κ3) is 5.06. The molecule has 0 saturated heterocycles. The number of pyridine rings is 1. The van der Waals surface area contributed by atoms with E-state index in [-0.39, 0.29) is 0 Å². The lowest BCUT2D eigenvalue weighted by Gasteiger charge is -2.17. The summed E-state index contributed by atoms with van der Waals surface area (Å²) in [4.78, 5) is 6.25. The van der Waals surface area contributed by atoms with E-state index in [9.17, 15) is 0 Å². The molecule has 0 saturated carbocycles. The maximum Gasteiger partial charge on any atom is 0.196 e. The van der Waals surface area contributed by atoms with Gasteiger partial charge in [0.15, 0.2) is 11.0 Å². The molecule has 0 atom stereocenters. The van der Waals surface area contributed by atoms with Crippen LogP contribution in [0.5, 0.6) is 0 Å². The van der Waals surface area contributed by atoms with E-state index in [4.69, 9.17) is 16.0 Å². The van der Waals surface area contributed by atoms with Crippen LogP contribution < -0.4 is 0 Å². The fourth-order valence-corrected chi connectivity index (χ4v) is 4.10. The Hall–Kier alpha value is -2.61. The van der Waals surface area contributed by atoms with Crippen molar-refractivity contribution in [3.63, 3.8) is 0 Å². The zero-order valence-corrected chi connectivity index (χ0v) is 17.5. The molecule has 1 aromatic carbocycles. The Morgan fingerprint density at radius 1 is 1.07 bits per heavy atom. The highest BCUT2D eigenvalue weighted by molar-refractivity contribution is 7.98. The molecule has 29 heavy (non-hydrogen) atoms. The van der Waals surface area contributed by atoms with Gasteiger partial charge in [0.05, 0.1) is 24.8 Å². The van der Waals surface area contributed by atoms with Crippen molar-refractivity contribution < 1.29 is 4.42 Å². The quantitative estimate of drug-likeness (QED) is 0.377. The molecule has 0 radical (unpaired) electrons. The summed E-state index contributed by atoms with van der Waals surface area (Å²) in [5.41, 5.74) is 3.25. The average Bonchev–Trinajstić information content (AvgIpc) is 3.37. The number of thioether (sulfide) groups is 1. The first-order valence-electron chi connectivity index (χ1n) is 9.10. The summed E-state index contributed by atoms with van der Waals surface area (Å²) < 4.78 is 7.24. The topological polar surface area (TPSA) is 60.0 Å². The van der Waals surface area contributed by atoms with Gasteiger partial charge in [-0.05, 0) is 49.0 Å². The third-order valence-corrected chi connectivity index (χ3v) is 5.56. The summed E-state index contributed by atoms with van der Waals surface area (Å²) in [6.45, 7) is 1.40. The van der Waals surface area contributed by atoms with E-state index in [1.165, 1.54) is 5.56 Å². The van der Waals surface area contributed by atoms with Crippen LogP contribution in [-0.4, -0.2) is 31.7 Å². The molecule has 6 nitrogen and oxygen atoms in total. The van der Waals surface area contributed by atoms with Crippen LogP contribution in [-0.2, 0) is 18.8 Å². The Kier molecular flexibility index (Phi) is 6.29. The number of hydrogen-bond donors (Lipinski definition) is 0. The lowest BCUT2D eigenvalue weighted by atomic mass is 10.3. The lowest BCUT2D eigenvalue weighted by Crippen LogP contribution is -2.19. The minimum absolute atomic E-state index is 0.639. The van der Waals surface area contributed by atoms with Crippen LogP contribution in [0.25, 0.3) is 5.69 Å². The van der Waals surface area contributed by atoms with Crippen LogP contribution in [0.3, 0.4) is 0 Å². The van der Waals surface area contributed by atoms with Gasteiger partial charge in [0, 0.05) is 35.3 Å². The van der Waals surface area contributed by atoms with Crippen LogP contribution in [0.1, 0.15) is 17.0 Å². The van der Waals surface area contributed by atoms with Gasteiger partial charge in [-0.25, -0.2) is 0 Å². The van der Waals surface area contributed by atoms with E-state index in [0.29, 0.717) is 11.6 Å².